The molecule has 0 amide bonds. The molecule has 3 aromatic rings. The molecular weight excluding hydrogens is 257 g/mol. The van der Waals surface area contributed by atoms with Gasteiger partial charge in [0, 0.05) is 5.39 Å². The number of furan rings is 1. The van der Waals surface area contributed by atoms with Crippen LogP contribution in [-0.2, 0) is 5.60 Å². The molecule has 0 aliphatic carbocycles. The van der Waals surface area contributed by atoms with Crippen molar-refractivity contribution in [2.45, 2.75) is 19.4 Å². The van der Waals surface area contributed by atoms with E-state index in [0.717, 1.165) is 17.1 Å². The molecule has 2 aromatic heterocycles. The first-order valence-electron chi connectivity index (χ1n) is 6.32. The minimum atomic E-state index is -1.40. The number of aliphatic hydroxyl groups is 1. The molecule has 3 rings (SSSR count). The molecule has 0 fully saturated rings. The molecule has 0 saturated carbocycles. The van der Waals surface area contributed by atoms with Crippen molar-refractivity contribution >= 4 is 11.0 Å². The first-order valence-corrected chi connectivity index (χ1v) is 6.32. The van der Waals surface area contributed by atoms with Crippen LogP contribution in [0.15, 0.2) is 47.0 Å². The number of aryl methyl sites for hydroxylation is 1. The summed E-state index contributed by atoms with van der Waals surface area (Å²) in [5, 5.41) is 11.6. The Morgan fingerprint density at radius 1 is 1.20 bits per heavy atom. The Bertz CT molecular complexity index is 760. The zero-order valence-corrected chi connectivity index (χ0v) is 11.2. The van der Waals surface area contributed by atoms with E-state index in [-0.39, 0.29) is 0 Å². The van der Waals surface area contributed by atoms with E-state index in [1.165, 1.54) is 12.1 Å². The Balaban J connectivity index is 2.10. The minimum Gasteiger partial charge on any atom is -0.458 e. The molecule has 2 heterocycles. The van der Waals surface area contributed by atoms with Crippen molar-refractivity contribution in [3.8, 4) is 0 Å². The number of nitrogens with zero attached hydrogens (tertiary/aromatic N) is 1. The first kappa shape index (κ1) is 12.8. The van der Waals surface area contributed by atoms with E-state index < -0.39 is 11.4 Å². The highest BCUT2D eigenvalue weighted by molar-refractivity contribution is 5.79. The lowest BCUT2D eigenvalue weighted by molar-refractivity contribution is 0.0740. The van der Waals surface area contributed by atoms with Crippen LogP contribution in [0.1, 0.15) is 23.9 Å². The van der Waals surface area contributed by atoms with E-state index in [9.17, 15) is 9.50 Å². The van der Waals surface area contributed by atoms with Gasteiger partial charge in [-0.2, -0.15) is 0 Å². The summed E-state index contributed by atoms with van der Waals surface area (Å²) in [5.41, 5.74) is 0.757. The monoisotopic (exact) mass is 271 g/mol. The molecule has 4 heteroatoms. The van der Waals surface area contributed by atoms with Crippen molar-refractivity contribution in [2.75, 3.05) is 0 Å². The SMILES string of the molecule is Cc1ccc2oc(C(C)(O)c3ccc(F)cn3)cc2c1. The van der Waals surface area contributed by atoms with Crippen molar-refractivity contribution in [1.82, 2.24) is 4.98 Å². The van der Waals surface area contributed by atoms with Gasteiger partial charge in [0.05, 0.1) is 11.9 Å². The normalized spacial score (nSPS) is 14.4. The maximum absolute atomic E-state index is 12.9. The van der Waals surface area contributed by atoms with E-state index in [4.69, 9.17) is 4.42 Å². The number of aromatic nitrogens is 1. The molecule has 20 heavy (non-hydrogen) atoms. The summed E-state index contributed by atoms with van der Waals surface area (Å²) >= 11 is 0. The van der Waals surface area contributed by atoms with Gasteiger partial charge in [-0.3, -0.25) is 4.98 Å². The van der Waals surface area contributed by atoms with E-state index in [1.54, 1.807) is 13.0 Å². The van der Waals surface area contributed by atoms with Gasteiger partial charge in [0.15, 0.2) is 5.60 Å². The van der Waals surface area contributed by atoms with Crippen LogP contribution in [0.4, 0.5) is 4.39 Å². The van der Waals surface area contributed by atoms with Gasteiger partial charge in [-0.05, 0) is 44.2 Å². The van der Waals surface area contributed by atoms with Crippen LogP contribution in [0.25, 0.3) is 11.0 Å². The standard InChI is InChI=1S/C16H14FNO2/c1-10-3-5-13-11(7-10)8-15(20-13)16(2,19)14-6-4-12(17)9-18-14/h3-9,19H,1-2H3. The molecule has 1 aromatic carbocycles. The third-order valence-electron chi connectivity index (χ3n) is 3.38. The molecule has 0 saturated heterocycles. The lowest BCUT2D eigenvalue weighted by Gasteiger charge is -2.19. The third kappa shape index (κ3) is 2.08. The molecule has 102 valence electrons. The fourth-order valence-corrected chi connectivity index (χ4v) is 2.19. The number of rotatable bonds is 2. The number of hydrogen-bond donors (Lipinski definition) is 1. The predicted molar refractivity (Wildman–Crippen MR) is 73.8 cm³/mol. The van der Waals surface area contributed by atoms with Crippen LogP contribution in [0.2, 0.25) is 0 Å². The number of pyridine rings is 1. The van der Waals surface area contributed by atoms with Crippen LogP contribution >= 0.6 is 0 Å². The lowest BCUT2D eigenvalue weighted by Crippen LogP contribution is -2.23. The average molecular weight is 271 g/mol. The van der Waals surface area contributed by atoms with Crippen LogP contribution in [-0.4, -0.2) is 10.1 Å². The van der Waals surface area contributed by atoms with Gasteiger partial charge in [0.2, 0.25) is 0 Å². The summed E-state index contributed by atoms with van der Waals surface area (Å²) in [6.45, 7) is 3.57. The summed E-state index contributed by atoms with van der Waals surface area (Å²) in [6, 6.07) is 10.3. The van der Waals surface area contributed by atoms with Gasteiger partial charge in [0.1, 0.15) is 17.2 Å². The van der Waals surface area contributed by atoms with Crippen molar-refractivity contribution < 1.29 is 13.9 Å². The Morgan fingerprint density at radius 2 is 2.00 bits per heavy atom. The van der Waals surface area contributed by atoms with Crippen LogP contribution in [0.3, 0.4) is 0 Å². The van der Waals surface area contributed by atoms with Crippen LogP contribution < -0.4 is 0 Å². The summed E-state index contributed by atoms with van der Waals surface area (Å²) in [4.78, 5) is 3.93. The molecule has 0 radical (unpaired) electrons. The van der Waals surface area contributed by atoms with Gasteiger partial charge in [-0.15, -0.1) is 0 Å². The van der Waals surface area contributed by atoms with Crippen molar-refractivity contribution in [2.24, 2.45) is 0 Å². The van der Waals surface area contributed by atoms with E-state index >= 15 is 0 Å². The summed E-state index contributed by atoms with van der Waals surface area (Å²) in [7, 11) is 0. The topological polar surface area (TPSA) is 46.3 Å². The number of halogens is 1. The van der Waals surface area contributed by atoms with E-state index in [0.29, 0.717) is 17.0 Å². The van der Waals surface area contributed by atoms with Gasteiger partial charge in [0.25, 0.3) is 0 Å². The highest BCUT2D eigenvalue weighted by Crippen LogP contribution is 2.32. The largest absolute Gasteiger partial charge is 0.458 e. The predicted octanol–water partition coefficient (Wildman–Crippen LogP) is 3.53. The molecule has 0 spiro atoms. The number of fused-ring (bicyclic) bond motifs is 1. The first-order chi connectivity index (χ1) is 9.46. The molecule has 3 nitrogen and oxygen atoms in total. The Kier molecular flexibility index (Phi) is 2.83. The smallest absolute Gasteiger partial charge is 0.161 e. The zero-order valence-electron chi connectivity index (χ0n) is 11.2. The second kappa shape index (κ2) is 4.42. The Morgan fingerprint density at radius 3 is 2.70 bits per heavy atom. The van der Waals surface area contributed by atoms with E-state index in [2.05, 4.69) is 4.98 Å². The summed E-state index contributed by atoms with van der Waals surface area (Å²) < 4.78 is 18.6. The molecule has 0 aliphatic rings. The lowest BCUT2D eigenvalue weighted by atomic mass is 9.98. The van der Waals surface area contributed by atoms with Gasteiger partial charge in [-0.25, -0.2) is 4.39 Å². The zero-order chi connectivity index (χ0) is 14.3. The fourth-order valence-electron chi connectivity index (χ4n) is 2.19. The second-order valence-corrected chi connectivity index (χ2v) is 5.09. The second-order valence-electron chi connectivity index (χ2n) is 5.09. The minimum absolute atomic E-state index is 0.342. The van der Waals surface area contributed by atoms with Crippen molar-refractivity contribution in [3.05, 3.63) is 65.4 Å². The summed E-state index contributed by atoms with van der Waals surface area (Å²) in [6.07, 6.45) is 1.08. The van der Waals surface area contributed by atoms with Crippen LogP contribution in [0.5, 0.6) is 0 Å². The number of hydrogen-bond acceptors (Lipinski definition) is 3. The quantitative estimate of drug-likeness (QED) is 0.775. The highest BCUT2D eigenvalue weighted by Gasteiger charge is 2.31. The molecule has 1 atom stereocenters. The third-order valence-corrected chi connectivity index (χ3v) is 3.38. The van der Waals surface area contributed by atoms with Gasteiger partial charge >= 0.3 is 0 Å². The Labute approximate surface area is 115 Å². The molecular formula is C16H14FNO2. The molecule has 1 unspecified atom stereocenters. The van der Waals surface area contributed by atoms with Gasteiger partial charge in [-0.1, -0.05) is 11.6 Å². The molecule has 1 N–H and O–H groups in total. The maximum Gasteiger partial charge on any atom is 0.161 e. The van der Waals surface area contributed by atoms with Crippen LogP contribution in [0, 0.1) is 12.7 Å². The molecule has 0 bridgehead atoms. The van der Waals surface area contributed by atoms with Gasteiger partial charge < -0.3 is 9.52 Å². The number of benzene rings is 1. The van der Waals surface area contributed by atoms with Crippen molar-refractivity contribution in [1.29, 1.82) is 0 Å². The Hall–Kier alpha value is -2.20. The fraction of sp³-hybridized carbons (Fsp3) is 0.188. The molecule has 0 aliphatic heterocycles. The highest BCUT2D eigenvalue weighted by atomic mass is 19.1. The average Bonchev–Trinajstić information content (AvgIpc) is 2.83. The maximum atomic E-state index is 12.9. The summed E-state index contributed by atoms with van der Waals surface area (Å²) in [5.74, 6) is -0.0537. The van der Waals surface area contributed by atoms with E-state index in [1.807, 2.05) is 25.1 Å². The van der Waals surface area contributed by atoms with Crippen molar-refractivity contribution in [3.63, 3.8) is 0 Å².